The van der Waals surface area contributed by atoms with Gasteiger partial charge in [-0.1, -0.05) is 6.07 Å². The van der Waals surface area contributed by atoms with Gasteiger partial charge in [-0.05, 0) is 38.6 Å². The first-order valence-electron chi connectivity index (χ1n) is 6.93. The number of likely N-dealkylation sites (N-methyl/N-ethyl adjacent to an activating group) is 1. The number of carboxylic acid groups (broad SMARTS) is 1. The zero-order chi connectivity index (χ0) is 15.6. The molecule has 1 aromatic carbocycles. The topological polar surface area (TPSA) is 78.6 Å². The smallest absolute Gasteiger partial charge is 0.323 e. The Balaban J connectivity index is 2.52. The lowest BCUT2D eigenvalue weighted by Crippen LogP contribution is -2.28. The minimum atomic E-state index is -0.895. The second-order valence-electron chi connectivity index (χ2n) is 5.32. The van der Waals surface area contributed by atoms with E-state index in [0.29, 0.717) is 12.4 Å². The van der Waals surface area contributed by atoms with Crippen LogP contribution in [0.3, 0.4) is 0 Å². The van der Waals surface area contributed by atoms with Gasteiger partial charge in [0, 0.05) is 6.54 Å². The van der Waals surface area contributed by atoms with E-state index in [2.05, 4.69) is 4.98 Å². The molecule has 0 aliphatic rings. The summed E-state index contributed by atoms with van der Waals surface area (Å²) >= 11 is 0. The molecule has 6 heteroatoms. The van der Waals surface area contributed by atoms with E-state index in [1.54, 1.807) is 4.57 Å². The number of imidazole rings is 1. The highest BCUT2D eigenvalue weighted by atomic mass is 16.4. The molecule has 114 valence electrons. The zero-order valence-electron chi connectivity index (χ0n) is 12.6. The van der Waals surface area contributed by atoms with Crippen LogP contribution in [0, 0.1) is 6.92 Å². The molecule has 0 bridgehead atoms. The van der Waals surface area contributed by atoms with Gasteiger partial charge in [0.1, 0.15) is 12.4 Å². The van der Waals surface area contributed by atoms with Crippen LogP contribution in [0.2, 0.25) is 0 Å². The van der Waals surface area contributed by atoms with Crippen LogP contribution in [0.15, 0.2) is 18.2 Å². The fraction of sp³-hybridized carbons (Fsp3) is 0.467. The van der Waals surface area contributed by atoms with Gasteiger partial charge >= 0.3 is 5.97 Å². The highest BCUT2D eigenvalue weighted by molar-refractivity contribution is 5.79. The summed E-state index contributed by atoms with van der Waals surface area (Å²) in [5, 5.41) is 18.2. The maximum atomic E-state index is 11.1. The number of nitrogens with zero attached hydrogens (tertiary/aromatic N) is 3. The first kappa shape index (κ1) is 15.5. The molecular weight excluding hydrogens is 270 g/mol. The minimum Gasteiger partial charge on any atom is -0.480 e. The first-order chi connectivity index (χ1) is 9.93. The van der Waals surface area contributed by atoms with Crippen molar-refractivity contribution in [2.75, 3.05) is 20.2 Å². The van der Waals surface area contributed by atoms with Crippen molar-refractivity contribution in [3.63, 3.8) is 0 Å². The highest BCUT2D eigenvalue weighted by Crippen LogP contribution is 2.24. The molecule has 6 nitrogen and oxygen atoms in total. The normalized spacial score (nSPS) is 13.0. The van der Waals surface area contributed by atoms with Gasteiger partial charge in [-0.25, -0.2) is 4.98 Å². The molecule has 0 saturated heterocycles. The van der Waals surface area contributed by atoms with E-state index in [1.165, 1.54) is 0 Å². The minimum absolute atomic E-state index is 0.0547. The van der Waals surface area contributed by atoms with E-state index in [4.69, 9.17) is 10.2 Å². The van der Waals surface area contributed by atoms with E-state index in [-0.39, 0.29) is 19.2 Å². The maximum Gasteiger partial charge on any atom is 0.323 e. The Morgan fingerprint density at radius 1 is 1.48 bits per heavy atom. The largest absolute Gasteiger partial charge is 0.480 e. The Morgan fingerprint density at radius 2 is 2.19 bits per heavy atom. The predicted octanol–water partition coefficient (Wildman–Crippen LogP) is 1.41. The summed E-state index contributed by atoms with van der Waals surface area (Å²) in [6.45, 7) is 4.39. The number of aliphatic carboxylic acids is 1. The van der Waals surface area contributed by atoms with Gasteiger partial charge < -0.3 is 14.8 Å². The molecule has 2 N–H and O–H groups in total. The maximum absolute atomic E-state index is 11.1. The number of aliphatic hydroxyl groups excluding tert-OH is 1. The standard InChI is InChI=1S/C15H21N3O3/c1-10-4-5-13-12(8-10)16-15(18(13)9-14(20)21)11(2)17(3)6-7-19/h4-5,8,11,19H,6-7,9H2,1-3H3,(H,20,21). The molecule has 2 aromatic rings. The van der Waals surface area contributed by atoms with E-state index in [9.17, 15) is 4.79 Å². The van der Waals surface area contributed by atoms with Crippen molar-refractivity contribution in [3.05, 3.63) is 29.6 Å². The molecule has 0 aliphatic heterocycles. The van der Waals surface area contributed by atoms with Crippen LogP contribution in [0.4, 0.5) is 0 Å². The van der Waals surface area contributed by atoms with Gasteiger partial charge in [-0.2, -0.15) is 0 Å². The summed E-state index contributed by atoms with van der Waals surface area (Å²) in [5.41, 5.74) is 2.71. The van der Waals surface area contributed by atoms with Crippen LogP contribution >= 0.6 is 0 Å². The average molecular weight is 291 g/mol. The zero-order valence-corrected chi connectivity index (χ0v) is 12.6. The number of aromatic nitrogens is 2. The van der Waals surface area contributed by atoms with Crippen molar-refractivity contribution >= 4 is 17.0 Å². The second-order valence-corrected chi connectivity index (χ2v) is 5.32. The molecule has 2 rings (SSSR count). The third-order valence-corrected chi connectivity index (χ3v) is 3.71. The molecule has 1 atom stereocenters. The molecule has 0 amide bonds. The Kier molecular flexibility index (Phi) is 4.59. The molecule has 0 spiro atoms. The number of carbonyl (C=O) groups is 1. The van der Waals surface area contributed by atoms with E-state index in [0.717, 1.165) is 16.6 Å². The lowest BCUT2D eigenvalue weighted by Gasteiger charge is -2.23. The van der Waals surface area contributed by atoms with Crippen LogP contribution in [-0.2, 0) is 11.3 Å². The Bertz CT molecular complexity index is 651. The Morgan fingerprint density at radius 3 is 2.81 bits per heavy atom. The number of aliphatic hydroxyl groups is 1. The van der Waals surface area contributed by atoms with Crippen molar-refractivity contribution in [1.29, 1.82) is 0 Å². The number of hydrogen-bond acceptors (Lipinski definition) is 4. The lowest BCUT2D eigenvalue weighted by molar-refractivity contribution is -0.137. The summed E-state index contributed by atoms with van der Waals surface area (Å²) in [5.74, 6) is -0.193. The fourth-order valence-electron chi connectivity index (χ4n) is 2.43. The summed E-state index contributed by atoms with van der Waals surface area (Å²) < 4.78 is 1.73. The number of rotatable bonds is 6. The van der Waals surface area contributed by atoms with Gasteiger partial charge in [-0.3, -0.25) is 9.69 Å². The summed E-state index contributed by atoms with van der Waals surface area (Å²) in [4.78, 5) is 17.7. The van der Waals surface area contributed by atoms with Crippen LogP contribution < -0.4 is 0 Å². The highest BCUT2D eigenvalue weighted by Gasteiger charge is 2.21. The number of hydrogen-bond donors (Lipinski definition) is 2. The van der Waals surface area contributed by atoms with Gasteiger partial charge in [0.15, 0.2) is 0 Å². The van der Waals surface area contributed by atoms with Crippen molar-refractivity contribution in [2.45, 2.75) is 26.4 Å². The Hall–Kier alpha value is -1.92. The summed E-state index contributed by atoms with van der Waals surface area (Å²) in [7, 11) is 1.89. The van der Waals surface area contributed by atoms with Gasteiger partial charge in [-0.15, -0.1) is 0 Å². The van der Waals surface area contributed by atoms with E-state index in [1.807, 2.05) is 44.0 Å². The van der Waals surface area contributed by atoms with Crippen LogP contribution in [0.5, 0.6) is 0 Å². The number of aryl methyl sites for hydroxylation is 1. The van der Waals surface area contributed by atoms with Gasteiger partial charge in [0.05, 0.1) is 23.7 Å². The molecule has 1 unspecified atom stereocenters. The fourth-order valence-corrected chi connectivity index (χ4v) is 2.43. The SMILES string of the molecule is Cc1ccc2c(c1)nc(C(C)N(C)CCO)n2CC(=O)O. The molecular formula is C15H21N3O3. The third kappa shape index (κ3) is 3.22. The summed E-state index contributed by atoms with van der Waals surface area (Å²) in [6.07, 6.45) is 0. The van der Waals surface area contributed by atoms with Crippen molar-refractivity contribution in [3.8, 4) is 0 Å². The molecule has 1 aromatic heterocycles. The van der Waals surface area contributed by atoms with Crippen molar-refractivity contribution < 1.29 is 15.0 Å². The molecule has 0 aliphatic carbocycles. The molecule has 0 saturated carbocycles. The second kappa shape index (κ2) is 6.24. The third-order valence-electron chi connectivity index (χ3n) is 3.71. The number of benzene rings is 1. The molecule has 1 heterocycles. The average Bonchev–Trinajstić information content (AvgIpc) is 2.75. The summed E-state index contributed by atoms with van der Waals surface area (Å²) in [6, 6.07) is 5.73. The molecule has 21 heavy (non-hydrogen) atoms. The quantitative estimate of drug-likeness (QED) is 0.841. The van der Waals surface area contributed by atoms with E-state index < -0.39 is 5.97 Å². The van der Waals surface area contributed by atoms with Crippen molar-refractivity contribution in [1.82, 2.24) is 14.5 Å². The van der Waals surface area contributed by atoms with E-state index >= 15 is 0 Å². The predicted molar refractivity (Wildman–Crippen MR) is 80.2 cm³/mol. The molecule has 0 radical (unpaired) electrons. The van der Waals surface area contributed by atoms with Crippen molar-refractivity contribution in [2.24, 2.45) is 0 Å². The Labute approximate surface area is 123 Å². The van der Waals surface area contributed by atoms with Crippen LogP contribution in [0.1, 0.15) is 24.4 Å². The first-order valence-corrected chi connectivity index (χ1v) is 6.93. The van der Waals surface area contributed by atoms with Gasteiger partial charge in [0.25, 0.3) is 0 Å². The van der Waals surface area contributed by atoms with Crippen LogP contribution in [0.25, 0.3) is 11.0 Å². The van der Waals surface area contributed by atoms with Crippen LogP contribution in [-0.4, -0.2) is 50.8 Å². The van der Waals surface area contributed by atoms with Gasteiger partial charge in [0.2, 0.25) is 0 Å². The number of fused-ring (bicyclic) bond motifs is 1. The monoisotopic (exact) mass is 291 g/mol. The number of carboxylic acids is 1. The molecule has 0 fully saturated rings. The lowest BCUT2D eigenvalue weighted by atomic mass is 10.2.